The molecule has 1 aromatic heterocycles. The zero-order valence-electron chi connectivity index (χ0n) is 12.8. The Labute approximate surface area is 133 Å². The average molecular weight is 304 g/mol. The molecule has 1 aliphatic rings. The molecule has 0 bridgehead atoms. The first kappa shape index (κ1) is 13.8. The van der Waals surface area contributed by atoms with Crippen LogP contribution < -0.4 is 5.43 Å². The van der Waals surface area contributed by atoms with Gasteiger partial charge in [0.15, 0.2) is 5.43 Å². The molecule has 0 unspecified atom stereocenters. The van der Waals surface area contributed by atoms with Crippen molar-refractivity contribution in [2.45, 2.75) is 19.8 Å². The number of phenols is 1. The highest BCUT2D eigenvalue weighted by molar-refractivity contribution is 5.87. The normalized spacial score (nSPS) is 15.3. The lowest BCUT2D eigenvalue weighted by atomic mass is 10.0. The van der Waals surface area contributed by atoms with Crippen molar-refractivity contribution in [3.05, 3.63) is 75.1 Å². The first-order chi connectivity index (χ1) is 11.1. The summed E-state index contributed by atoms with van der Waals surface area (Å²) in [5.41, 5.74) is 4.59. The Balaban J connectivity index is 1.93. The molecule has 3 aromatic rings. The van der Waals surface area contributed by atoms with Gasteiger partial charge in [0.25, 0.3) is 0 Å². The van der Waals surface area contributed by atoms with E-state index in [4.69, 9.17) is 4.42 Å². The van der Waals surface area contributed by atoms with Gasteiger partial charge in [0.05, 0.1) is 5.39 Å². The molecular formula is C20H16O3. The van der Waals surface area contributed by atoms with Gasteiger partial charge in [-0.3, -0.25) is 4.79 Å². The van der Waals surface area contributed by atoms with Crippen molar-refractivity contribution >= 4 is 22.6 Å². The average Bonchev–Trinajstić information content (AvgIpc) is 2.94. The first-order valence-corrected chi connectivity index (χ1v) is 7.69. The second kappa shape index (κ2) is 5.13. The Morgan fingerprint density at radius 1 is 1.13 bits per heavy atom. The number of hydrogen-bond acceptors (Lipinski definition) is 3. The van der Waals surface area contributed by atoms with Crippen LogP contribution in [0.25, 0.3) is 22.6 Å². The molecule has 1 N–H and O–H groups in total. The summed E-state index contributed by atoms with van der Waals surface area (Å²) in [6, 6.07) is 12.8. The van der Waals surface area contributed by atoms with Crippen molar-refractivity contribution < 1.29 is 9.52 Å². The van der Waals surface area contributed by atoms with Gasteiger partial charge in [0.2, 0.25) is 0 Å². The van der Waals surface area contributed by atoms with Crippen LogP contribution in [-0.2, 0) is 6.42 Å². The predicted octanol–water partition coefficient (Wildman–Crippen LogP) is 4.29. The highest BCUT2D eigenvalue weighted by Gasteiger charge is 2.24. The van der Waals surface area contributed by atoms with E-state index in [0.29, 0.717) is 28.7 Å². The fourth-order valence-corrected chi connectivity index (χ4v) is 3.16. The molecule has 1 aliphatic carbocycles. The van der Waals surface area contributed by atoms with Crippen molar-refractivity contribution in [3.8, 4) is 5.75 Å². The molecule has 0 aliphatic heterocycles. The summed E-state index contributed by atoms with van der Waals surface area (Å²) in [5.74, 6) is 0.773. The van der Waals surface area contributed by atoms with Gasteiger partial charge in [0.1, 0.15) is 17.1 Å². The molecule has 0 radical (unpaired) electrons. The lowest BCUT2D eigenvalue weighted by Crippen LogP contribution is -2.08. The van der Waals surface area contributed by atoms with Crippen LogP contribution in [0.3, 0.4) is 0 Å². The summed E-state index contributed by atoms with van der Waals surface area (Å²) < 4.78 is 5.99. The lowest BCUT2D eigenvalue weighted by Gasteiger charge is -2.05. The Bertz CT molecular complexity index is 1010. The van der Waals surface area contributed by atoms with E-state index in [0.717, 1.165) is 17.6 Å². The number of fused-ring (bicyclic) bond motifs is 2. The molecule has 0 spiro atoms. The van der Waals surface area contributed by atoms with Gasteiger partial charge in [-0.25, -0.2) is 0 Å². The van der Waals surface area contributed by atoms with E-state index in [1.54, 1.807) is 6.07 Å². The summed E-state index contributed by atoms with van der Waals surface area (Å²) in [6.45, 7) is 2.07. The molecule has 0 saturated carbocycles. The monoisotopic (exact) mass is 304 g/mol. The molecule has 0 fully saturated rings. The van der Waals surface area contributed by atoms with Crippen molar-refractivity contribution in [1.29, 1.82) is 0 Å². The van der Waals surface area contributed by atoms with E-state index in [9.17, 15) is 9.90 Å². The van der Waals surface area contributed by atoms with E-state index in [2.05, 4.69) is 25.1 Å². The standard InChI is InChI=1S/C20H16O3/c1-12-4-2-3-5-13(12)10-14-6-8-16-19(22)17-11-15(21)7-9-18(17)23-20(14)16/h2-5,7,9-11,21H,6,8H2,1H3. The molecule has 3 nitrogen and oxygen atoms in total. The summed E-state index contributed by atoms with van der Waals surface area (Å²) in [4.78, 5) is 12.6. The number of benzene rings is 2. The van der Waals surface area contributed by atoms with Gasteiger partial charge in [-0.2, -0.15) is 0 Å². The number of hydrogen-bond donors (Lipinski definition) is 1. The highest BCUT2D eigenvalue weighted by atomic mass is 16.3. The third-order valence-electron chi connectivity index (χ3n) is 4.42. The number of aromatic hydroxyl groups is 1. The fourth-order valence-electron chi connectivity index (χ4n) is 3.16. The maximum atomic E-state index is 12.6. The van der Waals surface area contributed by atoms with Crippen molar-refractivity contribution in [2.24, 2.45) is 0 Å². The summed E-state index contributed by atoms with van der Waals surface area (Å²) in [6.07, 6.45) is 3.59. The van der Waals surface area contributed by atoms with E-state index in [-0.39, 0.29) is 11.2 Å². The smallest absolute Gasteiger partial charge is 0.196 e. The van der Waals surface area contributed by atoms with E-state index in [1.807, 2.05) is 12.1 Å². The lowest BCUT2D eigenvalue weighted by molar-refractivity contribution is 0.475. The van der Waals surface area contributed by atoms with Crippen molar-refractivity contribution in [1.82, 2.24) is 0 Å². The topological polar surface area (TPSA) is 50.4 Å². The SMILES string of the molecule is Cc1ccccc1C=C1CCc2c1oc1ccc(O)cc1c2=O. The summed E-state index contributed by atoms with van der Waals surface area (Å²) in [7, 11) is 0. The van der Waals surface area contributed by atoms with Crippen LogP contribution in [0.1, 0.15) is 28.9 Å². The summed E-state index contributed by atoms with van der Waals surface area (Å²) >= 11 is 0. The molecule has 23 heavy (non-hydrogen) atoms. The maximum absolute atomic E-state index is 12.6. The third kappa shape index (κ3) is 2.25. The van der Waals surface area contributed by atoms with Gasteiger partial charge < -0.3 is 9.52 Å². The van der Waals surface area contributed by atoms with E-state index < -0.39 is 0 Å². The molecule has 114 valence electrons. The van der Waals surface area contributed by atoms with Crippen LogP contribution in [0, 0.1) is 6.92 Å². The summed E-state index contributed by atoms with van der Waals surface area (Å²) in [5, 5.41) is 10.0. The first-order valence-electron chi connectivity index (χ1n) is 7.69. The Hall–Kier alpha value is -2.81. The molecule has 0 amide bonds. The molecule has 0 saturated heterocycles. The van der Waals surface area contributed by atoms with Crippen LogP contribution in [0.5, 0.6) is 5.75 Å². The maximum Gasteiger partial charge on any atom is 0.196 e. The van der Waals surface area contributed by atoms with E-state index >= 15 is 0 Å². The zero-order valence-corrected chi connectivity index (χ0v) is 12.8. The molecule has 4 rings (SSSR count). The van der Waals surface area contributed by atoms with Gasteiger partial charge in [0, 0.05) is 5.56 Å². The van der Waals surface area contributed by atoms with Crippen molar-refractivity contribution in [3.63, 3.8) is 0 Å². The minimum Gasteiger partial charge on any atom is -0.508 e. The minimum absolute atomic E-state index is 0.0367. The van der Waals surface area contributed by atoms with Crippen LogP contribution >= 0.6 is 0 Å². The quantitative estimate of drug-likeness (QED) is 0.729. The van der Waals surface area contributed by atoms with E-state index in [1.165, 1.54) is 17.7 Å². The van der Waals surface area contributed by atoms with Gasteiger partial charge in [-0.15, -0.1) is 0 Å². The Morgan fingerprint density at radius 2 is 1.96 bits per heavy atom. The fraction of sp³-hybridized carbons (Fsp3) is 0.150. The third-order valence-corrected chi connectivity index (χ3v) is 4.42. The number of rotatable bonds is 1. The highest BCUT2D eigenvalue weighted by Crippen LogP contribution is 2.34. The van der Waals surface area contributed by atoms with Gasteiger partial charge >= 0.3 is 0 Å². The minimum atomic E-state index is -0.0367. The molecule has 2 aromatic carbocycles. The largest absolute Gasteiger partial charge is 0.508 e. The molecule has 1 heterocycles. The molecule has 3 heteroatoms. The second-order valence-corrected chi connectivity index (χ2v) is 5.95. The Kier molecular flexibility index (Phi) is 3.08. The molecular weight excluding hydrogens is 288 g/mol. The van der Waals surface area contributed by atoms with Crippen LogP contribution in [0.2, 0.25) is 0 Å². The second-order valence-electron chi connectivity index (χ2n) is 5.95. The van der Waals surface area contributed by atoms with Crippen LogP contribution in [0.4, 0.5) is 0 Å². The van der Waals surface area contributed by atoms with Crippen molar-refractivity contribution in [2.75, 3.05) is 0 Å². The predicted molar refractivity (Wildman–Crippen MR) is 91.5 cm³/mol. The Morgan fingerprint density at radius 3 is 2.78 bits per heavy atom. The van der Waals surface area contributed by atoms with Crippen LogP contribution in [-0.4, -0.2) is 5.11 Å². The van der Waals surface area contributed by atoms with Gasteiger partial charge in [-0.1, -0.05) is 24.3 Å². The number of allylic oxidation sites excluding steroid dienone is 1. The number of aryl methyl sites for hydroxylation is 1. The van der Waals surface area contributed by atoms with Gasteiger partial charge in [-0.05, 0) is 60.7 Å². The number of phenolic OH excluding ortho intramolecular Hbond substituents is 1. The zero-order chi connectivity index (χ0) is 16.0. The van der Waals surface area contributed by atoms with Crippen LogP contribution in [0.15, 0.2) is 51.7 Å². The molecule has 0 atom stereocenters.